The highest BCUT2D eigenvalue weighted by Crippen LogP contribution is 2.30. The summed E-state index contributed by atoms with van der Waals surface area (Å²) in [6.07, 6.45) is 6.00. The highest BCUT2D eigenvalue weighted by Gasteiger charge is 2.29. The van der Waals surface area contributed by atoms with Crippen LogP contribution in [-0.4, -0.2) is 29.5 Å². The Balaban J connectivity index is 1.81. The zero-order chi connectivity index (χ0) is 13.2. The van der Waals surface area contributed by atoms with Crippen molar-refractivity contribution in [2.45, 2.75) is 51.2 Å². The van der Waals surface area contributed by atoms with E-state index in [1.54, 1.807) is 0 Å². The number of para-hydroxylation sites is 1. The molecule has 0 bridgehead atoms. The minimum Gasteiger partial charge on any atom is -0.490 e. The van der Waals surface area contributed by atoms with Crippen molar-refractivity contribution >= 4 is 5.91 Å². The highest BCUT2D eigenvalue weighted by molar-refractivity contribution is 5.97. The van der Waals surface area contributed by atoms with Crippen molar-refractivity contribution in [3.8, 4) is 5.75 Å². The Labute approximate surface area is 114 Å². The first-order valence-electron chi connectivity index (χ1n) is 7.32. The number of carbonyl (C=O) groups excluding carboxylic acids is 1. The lowest BCUT2D eigenvalue weighted by molar-refractivity contribution is 0.0631. The van der Waals surface area contributed by atoms with Gasteiger partial charge >= 0.3 is 0 Å². The monoisotopic (exact) mass is 259 g/mol. The molecule has 0 spiro atoms. The van der Waals surface area contributed by atoms with E-state index in [0.29, 0.717) is 12.1 Å². The number of ether oxygens (including phenoxy) is 1. The Bertz CT molecular complexity index is 468. The van der Waals surface area contributed by atoms with Gasteiger partial charge < -0.3 is 9.64 Å². The predicted octanol–water partition coefficient (Wildman–Crippen LogP) is 3.24. The molecule has 1 unspecified atom stereocenters. The van der Waals surface area contributed by atoms with Gasteiger partial charge in [-0.1, -0.05) is 12.1 Å². The summed E-state index contributed by atoms with van der Waals surface area (Å²) in [4.78, 5) is 14.7. The van der Waals surface area contributed by atoms with Gasteiger partial charge in [-0.25, -0.2) is 0 Å². The third-order valence-corrected chi connectivity index (χ3v) is 4.00. The van der Waals surface area contributed by atoms with Crippen LogP contribution in [0.15, 0.2) is 24.3 Å². The maximum absolute atomic E-state index is 12.7. The topological polar surface area (TPSA) is 29.5 Å². The van der Waals surface area contributed by atoms with Gasteiger partial charge in [0.25, 0.3) is 5.91 Å². The number of hydrogen-bond acceptors (Lipinski definition) is 2. The molecule has 2 fully saturated rings. The fourth-order valence-corrected chi connectivity index (χ4v) is 2.67. The van der Waals surface area contributed by atoms with Crippen LogP contribution in [0.1, 0.15) is 49.4 Å². The predicted molar refractivity (Wildman–Crippen MR) is 74.4 cm³/mol. The van der Waals surface area contributed by atoms with Crippen LogP contribution in [0.4, 0.5) is 0 Å². The van der Waals surface area contributed by atoms with Crippen LogP contribution in [0.5, 0.6) is 5.75 Å². The summed E-state index contributed by atoms with van der Waals surface area (Å²) in [7, 11) is 0. The van der Waals surface area contributed by atoms with E-state index in [-0.39, 0.29) is 5.91 Å². The lowest BCUT2D eigenvalue weighted by Crippen LogP contribution is -2.42. The van der Waals surface area contributed by atoms with Crippen LogP contribution < -0.4 is 4.74 Å². The second-order valence-corrected chi connectivity index (χ2v) is 5.66. The molecule has 1 aliphatic heterocycles. The minimum absolute atomic E-state index is 0.128. The first kappa shape index (κ1) is 12.5. The highest BCUT2D eigenvalue weighted by atomic mass is 16.5. The van der Waals surface area contributed by atoms with E-state index in [2.05, 4.69) is 6.92 Å². The Morgan fingerprint density at radius 3 is 2.74 bits per heavy atom. The van der Waals surface area contributed by atoms with Crippen LogP contribution >= 0.6 is 0 Å². The van der Waals surface area contributed by atoms with E-state index in [0.717, 1.165) is 43.5 Å². The molecule has 1 amide bonds. The average Bonchev–Trinajstić information content (AvgIpc) is 3.23. The maximum atomic E-state index is 12.7. The summed E-state index contributed by atoms with van der Waals surface area (Å²) < 4.78 is 5.86. The van der Waals surface area contributed by atoms with Crippen LogP contribution in [0.3, 0.4) is 0 Å². The number of hydrogen-bond donors (Lipinski definition) is 0. The number of carbonyl (C=O) groups is 1. The molecule has 0 N–H and O–H groups in total. The Hall–Kier alpha value is -1.51. The molecule has 19 heavy (non-hydrogen) atoms. The third-order valence-electron chi connectivity index (χ3n) is 4.00. The molecule has 1 aliphatic carbocycles. The van der Waals surface area contributed by atoms with Crippen LogP contribution in [0.2, 0.25) is 0 Å². The molecule has 1 saturated heterocycles. The zero-order valence-electron chi connectivity index (χ0n) is 11.5. The summed E-state index contributed by atoms with van der Waals surface area (Å²) >= 11 is 0. The molecule has 1 aromatic rings. The lowest BCUT2D eigenvalue weighted by atomic mass is 10.0. The second kappa shape index (κ2) is 5.24. The number of nitrogens with zero attached hydrogens (tertiary/aromatic N) is 1. The smallest absolute Gasteiger partial charge is 0.257 e. The fourth-order valence-electron chi connectivity index (χ4n) is 2.67. The Morgan fingerprint density at radius 2 is 2.00 bits per heavy atom. The quantitative estimate of drug-likeness (QED) is 0.834. The van der Waals surface area contributed by atoms with E-state index in [1.807, 2.05) is 29.2 Å². The standard InChI is InChI=1S/C16H21NO2/c1-12-6-4-5-11-17(12)16(18)14-7-2-3-8-15(14)19-13-9-10-13/h2-3,7-8,12-13H,4-6,9-11H2,1H3. The van der Waals surface area contributed by atoms with E-state index in [1.165, 1.54) is 6.42 Å². The number of piperidine rings is 1. The van der Waals surface area contributed by atoms with E-state index in [9.17, 15) is 4.79 Å². The Morgan fingerprint density at radius 1 is 1.21 bits per heavy atom. The molecule has 2 aliphatic rings. The zero-order valence-corrected chi connectivity index (χ0v) is 11.5. The molecule has 1 heterocycles. The van der Waals surface area contributed by atoms with Crippen molar-refractivity contribution in [2.75, 3.05) is 6.54 Å². The molecule has 1 atom stereocenters. The van der Waals surface area contributed by atoms with Crippen molar-refractivity contribution in [2.24, 2.45) is 0 Å². The molecule has 1 aromatic carbocycles. The van der Waals surface area contributed by atoms with E-state index in [4.69, 9.17) is 4.74 Å². The number of benzene rings is 1. The van der Waals surface area contributed by atoms with Gasteiger partial charge in [-0.3, -0.25) is 4.79 Å². The average molecular weight is 259 g/mol. The normalized spacial score (nSPS) is 23.2. The molecular weight excluding hydrogens is 238 g/mol. The molecule has 3 rings (SSSR count). The SMILES string of the molecule is CC1CCCCN1C(=O)c1ccccc1OC1CC1. The number of likely N-dealkylation sites (tertiary alicyclic amines) is 1. The van der Waals surface area contributed by atoms with E-state index >= 15 is 0 Å². The van der Waals surface area contributed by atoms with Crippen LogP contribution in [0.25, 0.3) is 0 Å². The van der Waals surface area contributed by atoms with Crippen molar-refractivity contribution in [3.63, 3.8) is 0 Å². The largest absolute Gasteiger partial charge is 0.490 e. The second-order valence-electron chi connectivity index (χ2n) is 5.66. The van der Waals surface area contributed by atoms with Gasteiger partial charge in [0.05, 0.1) is 11.7 Å². The van der Waals surface area contributed by atoms with Crippen molar-refractivity contribution in [1.82, 2.24) is 4.90 Å². The van der Waals surface area contributed by atoms with Gasteiger partial charge in [0.1, 0.15) is 5.75 Å². The summed E-state index contributed by atoms with van der Waals surface area (Å²) in [6.45, 7) is 3.01. The molecule has 102 valence electrons. The lowest BCUT2D eigenvalue weighted by Gasteiger charge is -2.33. The summed E-state index contributed by atoms with van der Waals surface area (Å²) in [5, 5.41) is 0. The first-order valence-corrected chi connectivity index (χ1v) is 7.32. The molecule has 1 saturated carbocycles. The Kier molecular flexibility index (Phi) is 3.45. The number of rotatable bonds is 3. The molecule has 0 aromatic heterocycles. The molecule has 3 nitrogen and oxygen atoms in total. The van der Waals surface area contributed by atoms with Crippen LogP contribution in [0, 0.1) is 0 Å². The molecule has 3 heteroatoms. The molecule has 0 radical (unpaired) electrons. The molecular formula is C16H21NO2. The van der Waals surface area contributed by atoms with Gasteiger partial charge in [-0.05, 0) is 51.2 Å². The van der Waals surface area contributed by atoms with Gasteiger partial charge in [0.15, 0.2) is 0 Å². The first-order chi connectivity index (χ1) is 9.25. The minimum atomic E-state index is 0.128. The third kappa shape index (κ3) is 2.75. The maximum Gasteiger partial charge on any atom is 0.257 e. The van der Waals surface area contributed by atoms with Gasteiger partial charge in [-0.15, -0.1) is 0 Å². The van der Waals surface area contributed by atoms with Crippen molar-refractivity contribution in [3.05, 3.63) is 29.8 Å². The van der Waals surface area contributed by atoms with Crippen molar-refractivity contribution < 1.29 is 9.53 Å². The van der Waals surface area contributed by atoms with E-state index < -0.39 is 0 Å². The van der Waals surface area contributed by atoms with Gasteiger partial charge in [0, 0.05) is 12.6 Å². The summed E-state index contributed by atoms with van der Waals surface area (Å²) in [5.41, 5.74) is 0.725. The van der Waals surface area contributed by atoms with Crippen molar-refractivity contribution in [1.29, 1.82) is 0 Å². The summed E-state index contributed by atoms with van der Waals surface area (Å²) in [5.74, 6) is 0.885. The number of amides is 1. The van der Waals surface area contributed by atoms with Crippen LogP contribution in [-0.2, 0) is 0 Å². The fraction of sp³-hybridized carbons (Fsp3) is 0.562. The summed E-state index contributed by atoms with van der Waals surface area (Å²) in [6, 6.07) is 8.01. The van der Waals surface area contributed by atoms with Gasteiger partial charge in [-0.2, -0.15) is 0 Å². The van der Waals surface area contributed by atoms with Gasteiger partial charge in [0.2, 0.25) is 0 Å².